The first-order valence-corrected chi connectivity index (χ1v) is 4.76. The van der Waals surface area contributed by atoms with E-state index in [2.05, 4.69) is 0 Å². The van der Waals surface area contributed by atoms with Crippen LogP contribution < -0.4 is 5.73 Å². The van der Waals surface area contributed by atoms with Crippen LogP contribution in [-0.4, -0.2) is 37.4 Å². The fourth-order valence-corrected chi connectivity index (χ4v) is 1.15. The summed E-state index contributed by atoms with van der Waals surface area (Å²) in [7, 11) is 3.85. The Morgan fingerprint density at radius 2 is 1.92 bits per heavy atom. The Morgan fingerprint density at radius 3 is 2.23 bits per heavy atom. The Hall–Kier alpha value is -0.410. The predicted octanol–water partition coefficient (Wildman–Crippen LogP) is 0.881. The Kier molecular flexibility index (Phi) is 4.57. The summed E-state index contributed by atoms with van der Waals surface area (Å²) in [6, 6.07) is -0.357. The van der Waals surface area contributed by atoms with Crippen molar-refractivity contribution in [1.29, 1.82) is 0 Å². The van der Waals surface area contributed by atoms with Gasteiger partial charge >= 0.3 is 0 Å². The molecule has 0 aromatic heterocycles. The molecule has 0 aliphatic carbocycles. The van der Waals surface area contributed by atoms with Gasteiger partial charge in [0.15, 0.2) is 5.78 Å². The summed E-state index contributed by atoms with van der Waals surface area (Å²) >= 11 is 0. The Balaban J connectivity index is 4.25. The molecule has 0 aliphatic heterocycles. The van der Waals surface area contributed by atoms with Crippen LogP contribution in [0.5, 0.6) is 0 Å². The van der Waals surface area contributed by atoms with Crippen LogP contribution >= 0.6 is 0 Å². The van der Waals surface area contributed by atoms with Gasteiger partial charge in [0.05, 0.1) is 6.04 Å². The van der Waals surface area contributed by atoms with E-state index in [9.17, 15) is 4.79 Å². The van der Waals surface area contributed by atoms with Gasteiger partial charge in [0, 0.05) is 12.0 Å². The number of likely N-dealkylation sites (N-methyl/N-ethyl adjacent to an activating group) is 1. The minimum Gasteiger partial charge on any atom is -0.320 e. The van der Waals surface area contributed by atoms with E-state index in [1.165, 1.54) is 0 Å². The number of carbonyl (C=O) groups excluding carboxylic acids is 1. The molecule has 0 aromatic carbocycles. The van der Waals surface area contributed by atoms with Gasteiger partial charge in [-0.1, -0.05) is 20.8 Å². The first-order valence-electron chi connectivity index (χ1n) is 4.76. The second-order valence-electron chi connectivity index (χ2n) is 4.47. The normalized spacial score (nSPS) is 14.7. The highest BCUT2D eigenvalue weighted by molar-refractivity contribution is 5.89. The maximum Gasteiger partial charge on any atom is 0.156 e. The fraction of sp³-hybridized carbons (Fsp3) is 0.900. The minimum atomic E-state index is -0.357. The van der Waals surface area contributed by atoms with Crippen molar-refractivity contribution in [3.8, 4) is 0 Å². The second kappa shape index (κ2) is 4.72. The molecular formula is C10H22N2O. The van der Waals surface area contributed by atoms with Crippen LogP contribution in [0, 0.1) is 5.41 Å². The lowest BCUT2D eigenvalue weighted by Gasteiger charge is -2.26. The maximum atomic E-state index is 11.8. The molecule has 1 atom stereocenters. The second-order valence-corrected chi connectivity index (χ2v) is 4.47. The number of rotatable bonds is 5. The summed E-state index contributed by atoms with van der Waals surface area (Å²) in [5.74, 6) is 0.156. The number of carbonyl (C=O) groups is 1. The van der Waals surface area contributed by atoms with Crippen LogP contribution in [-0.2, 0) is 4.79 Å². The smallest absolute Gasteiger partial charge is 0.156 e. The molecule has 0 amide bonds. The fourth-order valence-electron chi connectivity index (χ4n) is 1.15. The number of nitrogens with zero attached hydrogens (tertiary/aromatic N) is 1. The minimum absolute atomic E-state index is 0.156. The molecule has 0 saturated heterocycles. The van der Waals surface area contributed by atoms with E-state index in [0.29, 0.717) is 6.54 Å². The molecule has 2 N–H and O–H groups in total. The molecule has 13 heavy (non-hydrogen) atoms. The molecule has 3 heteroatoms. The average Bonchev–Trinajstić information content (AvgIpc) is 2.01. The van der Waals surface area contributed by atoms with Gasteiger partial charge in [0.1, 0.15) is 0 Å². The molecule has 0 aromatic rings. The van der Waals surface area contributed by atoms with E-state index < -0.39 is 0 Å². The standard InChI is InChI=1S/C10H22N2O/c1-6-10(2,3)9(13)8(11)7-12(4)5/h8H,6-7,11H2,1-5H3. The Labute approximate surface area is 81.3 Å². The van der Waals surface area contributed by atoms with Gasteiger partial charge in [-0.05, 0) is 20.5 Å². The monoisotopic (exact) mass is 186 g/mol. The van der Waals surface area contributed by atoms with Gasteiger partial charge in [-0.25, -0.2) is 0 Å². The summed E-state index contributed by atoms with van der Waals surface area (Å²) in [6.07, 6.45) is 0.840. The Morgan fingerprint density at radius 1 is 1.46 bits per heavy atom. The molecule has 0 fully saturated rings. The first kappa shape index (κ1) is 12.6. The van der Waals surface area contributed by atoms with Crippen LogP contribution in [0.1, 0.15) is 27.2 Å². The van der Waals surface area contributed by atoms with Crippen molar-refractivity contribution < 1.29 is 4.79 Å². The lowest BCUT2D eigenvalue weighted by Crippen LogP contribution is -2.46. The van der Waals surface area contributed by atoms with Gasteiger partial charge in [0.25, 0.3) is 0 Å². The van der Waals surface area contributed by atoms with Gasteiger partial charge in [-0.2, -0.15) is 0 Å². The first-order chi connectivity index (χ1) is 5.81. The molecule has 0 spiro atoms. The number of ketones is 1. The van der Waals surface area contributed by atoms with Crippen molar-refractivity contribution >= 4 is 5.78 Å². The summed E-state index contributed by atoms with van der Waals surface area (Å²) in [5.41, 5.74) is 5.51. The molecule has 0 bridgehead atoms. The predicted molar refractivity (Wildman–Crippen MR) is 55.6 cm³/mol. The van der Waals surface area contributed by atoms with Crippen LogP contribution in [0.3, 0.4) is 0 Å². The molecular weight excluding hydrogens is 164 g/mol. The number of hydrogen-bond acceptors (Lipinski definition) is 3. The molecule has 1 unspecified atom stereocenters. The summed E-state index contributed by atoms with van der Waals surface area (Å²) in [4.78, 5) is 13.7. The van der Waals surface area contributed by atoms with Gasteiger partial charge in [-0.3, -0.25) is 4.79 Å². The van der Waals surface area contributed by atoms with Crippen LogP contribution in [0.4, 0.5) is 0 Å². The largest absolute Gasteiger partial charge is 0.320 e. The van der Waals surface area contributed by atoms with Crippen molar-refractivity contribution in [2.24, 2.45) is 11.1 Å². The van der Waals surface area contributed by atoms with E-state index in [1.54, 1.807) is 0 Å². The highest BCUT2D eigenvalue weighted by Crippen LogP contribution is 2.22. The molecule has 0 rings (SSSR count). The topological polar surface area (TPSA) is 46.3 Å². The lowest BCUT2D eigenvalue weighted by atomic mass is 9.82. The molecule has 0 saturated carbocycles. The average molecular weight is 186 g/mol. The van der Waals surface area contributed by atoms with E-state index in [4.69, 9.17) is 5.73 Å². The zero-order valence-electron chi connectivity index (χ0n) is 9.42. The molecule has 0 heterocycles. The number of Topliss-reactive ketones (excluding diaryl/α,β-unsaturated/α-hetero) is 1. The van der Waals surface area contributed by atoms with Crippen molar-refractivity contribution in [2.75, 3.05) is 20.6 Å². The number of nitrogens with two attached hydrogens (primary N) is 1. The van der Waals surface area contributed by atoms with E-state index in [0.717, 1.165) is 6.42 Å². The zero-order valence-corrected chi connectivity index (χ0v) is 9.42. The van der Waals surface area contributed by atoms with Crippen LogP contribution in [0.15, 0.2) is 0 Å². The van der Waals surface area contributed by atoms with Crippen molar-refractivity contribution in [3.63, 3.8) is 0 Å². The van der Waals surface area contributed by atoms with Crippen LogP contribution in [0.25, 0.3) is 0 Å². The highest BCUT2D eigenvalue weighted by Gasteiger charge is 2.29. The third-order valence-corrected chi connectivity index (χ3v) is 2.45. The zero-order chi connectivity index (χ0) is 10.6. The third-order valence-electron chi connectivity index (χ3n) is 2.45. The van der Waals surface area contributed by atoms with E-state index in [1.807, 2.05) is 39.8 Å². The summed E-state index contributed by atoms with van der Waals surface area (Å²) in [5, 5.41) is 0. The quantitative estimate of drug-likeness (QED) is 0.693. The van der Waals surface area contributed by atoms with Gasteiger partial charge < -0.3 is 10.6 Å². The van der Waals surface area contributed by atoms with Gasteiger partial charge in [0.2, 0.25) is 0 Å². The van der Waals surface area contributed by atoms with E-state index >= 15 is 0 Å². The molecule has 78 valence electrons. The Bertz CT molecular complexity index is 176. The van der Waals surface area contributed by atoms with Crippen molar-refractivity contribution in [1.82, 2.24) is 4.90 Å². The summed E-state index contributed by atoms with van der Waals surface area (Å²) in [6.45, 7) is 6.54. The molecule has 0 aliphatic rings. The van der Waals surface area contributed by atoms with Crippen molar-refractivity contribution in [2.45, 2.75) is 33.2 Å². The molecule has 0 radical (unpaired) electrons. The lowest BCUT2D eigenvalue weighted by molar-refractivity contribution is -0.128. The van der Waals surface area contributed by atoms with Crippen LogP contribution in [0.2, 0.25) is 0 Å². The third kappa shape index (κ3) is 3.87. The maximum absolute atomic E-state index is 11.8. The molecule has 3 nitrogen and oxygen atoms in total. The van der Waals surface area contributed by atoms with Gasteiger partial charge in [-0.15, -0.1) is 0 Å². The highest BCUT2D eigenvalue weighted by atomic mass is 16.1. The number of hydrogen-bond donors (Lipinski definition) is 1. The summed E-state index contributed by atoms with van der Waals surface area (Å²) < 4.78 is 0. The van der Waals surface area contributed by atoms with E-state index in [-0.39, 0.29) is 17.2 Å². The SMILES string of the molecule is CCC(C)(C)C(=O)C(N)CN(C)C. The van der Waals surface area contributed by atoms with Crippen molar-refractivity contribution in [3.05, 3.63) is 0 Å².